The number of ether oxygens (including phenoxy) is 2. The molecule has 5 rings (SSSR count). The maximum Gasteiger partial charge on any atom is 0.252 e. The zero-order chi connectivity index (χ0) is 30.1. The van der Waals surface area contributed by atoms with Crippen LogP contribution < -0.4 is 10.1 Å². The molecule has 0 aromatic heterocycles. The van der Waals surface area contributed by atoms with Gasteiger partial charge in [-0.15, -0.1) is 6.58 Å². The second-order valence-corrected chi connectivity index (χ2v) is 11.3. The Bertz CT molecular complexity index is 1490. The van der Waals surface area contributed by atoms with Gasteiger partial charge >= 0.3 is 0 Å². The molecule has 6 nitrogen and oxygen atoms in total. The maximum absolute atomic E-state index is 14.4. The summed E-state index contributed by atoms with van der Waals surface area (Å²) in [4.78, 5) is 19.4. The molecule has 0 radical (unpaired) electrons. The molecule has 0 aliphatic carbocycles. The number of carbonyl (C=O) groups is 1. The van der Waals surface area contributed by atoms with Crippen LogP contribution in [0, 0.1) is 0 Å². The molecule has 2 N–H and O–H groups in total. The van der Waals surface area contributed by atoms with E-state index >= 15 is 0 Å². The van der Waals surface area contributed by atoms with Crippen molar-refractivity contribution in [2.75, 3.05) is 19.8 Å². The van der Waals surface area contributed by atoms with Gasteiger partial charge in [0.15, 0.2) is 11.6 Å². The Balaban J connectivity index is 1.47. The quantitative estimate of drug-likeness (QED) is 0.122. The average Bonchev–Trinajstić information content (AvgIpc) is 3.43. The van der Waals surface area contributed by atoms with Gasteiger partial charge in [-0.2, -0.15) is 0 Å². The molecule has 4 aromatic rings. The summed E-state index contributed by atoms with van der Waals surface area (Å²) in [5.74, 6) is 0.802. The minimum absolute atomic E-state index is 0.0394. The van der Waals surface area contributed by atoms with Crippen molar-refractivity contribution in [3.05, 3.63) is 149 Å². The van der Waals surface area contributed by atoms with Crippen LogP contribution in [0.15, 0.2) is 131 Å². The van der Waals surface area contributed by atoms with Crippen LogP contribution in [0.1, 0.15) is 47.1 Å². The normalized spacial score (nSPS) is 17.7. The fraction of sp³-hybridized carbons (Fsp3) is 0.222. The lowest BCUT2D eigenvalue weighted by atomic mass is 9.84. The van der Waals surface area contributed by atoms with Crippen LogP contribution in [0.5, 0.6) is 5.75 Å². The van der Waals surface area contributed by atoms with Gasteiger partial charge in [-0.25, -0.2) is 4.99 Å². The smallest absolute Gasteiger partial charge is 0.252 e. The van der Waals surface area contributed by atoms with Gasteiger partial charge in [-0.05, 0) is 53.1 Å². The van der Waals surface area contributed by atoms with Gasteiger partial charge in [0.1, 0.15) is 5.75 Å². The second kappa shape index (κ2) is 14.3. The minimum Gasteiger partial charge on any atom is -0.494 e. The Morgan fingerprint density at radius 1 is 0.977 bits per heavy atom. The third kappa shape index (κ3) is 7.07. The lowest BCUT2D eigenvalue weighted by Gasteiger charge is -2.30. The van der Waals surface area contributed by atoms with Crippen LogP contribution in [0.25, 0.3) is 0 Å². The fourth-order valence-corrected chi connectivity index (χ4v) is 5.58. The number of aliphatic hydroxyl groups excluding tert-OH is 1. The first-order chi connectivity index (χ1) is 21.0. The summed E-state index contributed by atoms with van der Waals surface area (Å²) in [6.45, 7) is 4.87. The van der Waals surface area contributed by atoms with Crippen LogP contribution in [0.2, 0.25) is 0 Å². The second-order valence-electron chi connectivity index (χ2n) is 10.4. The Morgan fingerprint density at radius 2 is 1.60 bits per heavy atom. The molecule has 1 amide bonds. The van der Waals surface area contributed by atoms with Crippen molar-refractivity contribution in [1.82, 2.24) is 5.32 Å². The van der Waals surface area contributed by atoms with Gasteiger partial charge in [-0.1, -0.05) is 94.8 Å². The molecular weight excluding hydrogens is 604 g/mol. The molecular formula is C36H35BrN2O4. The molecule has 7 heteroatoms. The Labute approximate surface area is 261 Å². The van der Waals surface area contributed by atoms with Crippen molar-refractivity contribution in [3.8, 4) is 5.75 Å². The number of carbonyl (C=O) groups excluding carboxylic acids is 1. The van der Waals surface area contributed by atoms with Crippen LogP contribution in [-0.2, 0) is 9.53 Å². The van der Waals surface area contributed by atoms with Crippen molar-refractivity contribution in [2.24, 2.45) is 4.99 Å². The number of nitrogens with one attached hydrogen (secondary N) is 1. The number of halogens is 1. The lowest BCUT2D eigenvalue weighted by Crippen LogP contribution is -2.49. The third-order valence-corrected chi connectivity index (χ3v) is 8.06. The molecule has 0 unspecified atom stereocenters. The topological polar surface area (TPSA) is 80.2 Å². The molecule has 1 heterocycles. The monoisotopic (exact) mass is 638 g/mol. The number of hydrogen-bond acceptors (Lipinski definition) is 5. The highest BCUT2D eigenvalue weighted by Crippen LogP contribution is 2.43. The number of nitrogens with zero attached hydrogens (tertiary/aromatic N) is 1. The summed E-state index contributed by atoms with van der Waals surface area (Å²) in [6, 6.07) is 35.6. The predicted molar refractivity (Wildman–Crippen MR) is 173 cm³/mol. The molecule has 0 saturated carbocycles. The van der Waals surface area contributed by atoms with Crippen molar-refractivity contribution in [1.29, 1.82) is 0 Å². The predicted octanol–water partition coefficient (Wildman–Crippen LogP) is 6.99. The van der Waals surface area contributed by atoms with Crippen molar-refractivity contribution >= 4 is 27.7 Å². The highest BCUT2D eigenvalue weighted by atomic mass is 79.9. The first kappa shape index (κ1) is 30.3. The number of aliphatic hydroxyl groups is 1. The number of hydrogen-bond donors (Lipinski definition) is 2. The highest BCUT2D eigenvalue weighted by Gasteiger charge is 2.52. The summed E-state index contributed by atoms with van der Waals surface area (Å²) in [5.41, 5.74) is 2.54. The molecule has 1 aliphatic rings. The Morgan fingerprint density at radius 3 is 2.19 bits per heavy atom. The summed E-state index contributed by atoms with van der Waals surface area (Å²) in [7, 11) is 0. The molecule has 220 valence electrons. The van der Waals surface area contributed by atoms with Crippen molar-refractivity contribution < 1.29 is 19.4 Å². The highest BCUT2D eigenvalue weighted by molar-refractivity contribution is 9.10. The van der Waals surface area contributed by atoms with Gasteiger partial charge in [0.25, 0.3) is 5.91 Å². The molecule has 0 spiro atoms. The zero-order valence-electron chi connectivity index (χ0n) is 23.9. The molecule has 0 saturated heterocycles. The lowest BCUT2D eigenvalue weighted by molar-refractivity contribution is -0.128. The SMILES string of the molecule is C=CC[C@@]1(C(=O)NCC(c2ccccc2)c2ccccc2)N=C(c2ccc(OCCCO)cc2)O[C@@H]1c1ccc(Br)cc1. The van der Waals surface area contributed by atoms with E-state index in [1.165, 1.54) is 0 Å². The van der Waals surface area contributed by atoms with Gasteiger partial charge in [0, 0.05) is 41.9 Å². The molecule has 43 heavy (non-hydrogen) atoms. The number of aliphatic imine (C=N–C) groups is 1. The number of benzene rings is 4. The molecule has 1 aliphatic heterocycles. The molecule has 0 fully saturated rings. The van der Waals surface area contributed by atoms with E-state index in [2.05, 4.69) is 52.1 Å². The van der Waals surface area contributed by atoms with Gasteiger partial charge in [0.2, 0.25) is 5.90 Å². The van der Waals surface area contributed by atoms with E-state index in [0.717, 1.165) is 26.7 Å². The van der Waals surface area contributed by atoms with E-state index < -0.39 is 11.6 Å². The standard InChI is InChI=1S/C36H35BrN2O4/c1-2-22-36(35(41)38-25-32(26-10-5-3-6-11-26)27-12-7-4-8-13-27)33(28-14-18-30(37)19-15-28)43-34(39-36)29-16-20-31(21-17-29)42-24-9-23-40/h2-8,10-21,32-33,40H,1,9,22-25H2,(H,38,41)/t33-,36-/m1/s1. The number of rotatable bonds is 13. The zero-order valence-corrected chi connectivity index (χ0v) is 25.5. The number of amides is 1. The van der Waals surface area contributed by atoms with E-state index in [0.29, 0.717) is 31.2 Å². The summed E-state index contributed by atoms with van der Waals surface area (Å²) < 4.78 is 13.1. The summed E-state index contributed by atoms with van der Waals surface area (Å²) in [6.07, 6.45) is 1.90. The summed E-state index contributed by atoms with van der Waals surface area (Å²) in [5, 5.41) is 12.3. The van der Waals surface area contributed by atoms with E-state index in [1.807, 2.05) is 84.9 Å². The van der Waals surface area contributed by atoms with Gasteiger partial charge < -0.3 is 19.9 Å². The first-order valence-electron chi connectivity index (χ1n) is 14.4. The van der Waals surface area contributed by atoms with E-state index in [9.17, 15) is 4.79 Å². The van der Waals surface area contributed by atoms with E-state index in [4.69, 9.17) is 19.6 Å². The van der Waals surface area contributed by atoms with Gasteiger partial charge in [-0.3, -0.25) is 4.79 Å². The van der Waals surface area contributed by atoms with Gasteiger partial charge in [0.05, 0.1) is 6.61 Å². The Hall–Kier alpha value is -4.20. The summed E-state index contributed by atoms with van der Waals surface area (Å²) >= 11 is 3.51. The van der Waals surface area contributed by atoms with Crippen LogP contribution in [0.3, 0.4) is 0 Å². The first-order valence-corrected chi connectivity index (χ1v) is 15.2. The van der Waals surface area contributed by atoms with Crippen LogP contribution in [-0.4, -0.2) is 42.2 Å². The van der Waals surface area contributed by atoms with Crippen LogP contribution >= 0.6 is 15.9 Å². The van der Waals surface area contributed by atoms with E-state index in [-0.39, 0.29) is 24.9 Å². The molecule has 4 aromatic carbocycles. The molecule has 0 bridgehead atoms. The maximum atomic E-state index is 14.4. The van der Waals surface area contributed by atoms with E-state index in [1.54, 1.807) is 6.08 Å². The third-order valence-electron chi connectivity index (χ3n) is 7.53. The largest absolute Gasteiger partial charge is 0.494 e. The molecule has 2 atom stereocenters. The fourth-order valence-electron chi connectivity index (χ4n) is 5.32. The van der Waals surface area contributed by atoms with Crippen molar-refractivity contribution in [2.45, 2.75) is 30.4 Å². The Kier molecular flexibility index (Phi) is 10.1. The minimum atomic E-state index is -1.26. The van der Waals surface area contributed by atoms with Crippen molar-refractivity contribution in [3.63, 3.8) is 0 Å². The van der Waals surface area contributed by atoms with Crippen LogP contribution in [0.4, 0.5) is 0 Å². The average molecular weight is 640 g/mol.